The number of ether oxygens (including phenoxy) is 1. The van der Waals surface area contributed by atoms with E-state index in [0.29, 0.717) is 27.1 Å². The van der Waals surface area contributed by atoms with Gasteiger partial charge in [-0.2, -0.15) is 0 Å². The van der Waals surface area contributed by atoms with Gasteiger partial charge in [-0.1, -0.05) is 11.8 Å². The Morgan fingerprint density at radius 3 is 2.55 bits per heavy atom. The Labute approximate surface area is 204 Å². The number of esters is 1. The van der Waals surface area contributed by atoms with Gasteiger partial charge in [0.25, 0.3) is 5.91 Å². The molecule has 3 aromatic rings. The van der Waals surface area contributed by atoms with Gasteiger partial charge >= 0.3 is 5.97 Å². The lowest BCUT2D eigenvalue weighted by molar-refractivity contribution is -0.113. The summed E-state index contributed by atoms with van der Waals surface area (Å²) in [5.41, 5.74) is 1.67. The Hall–Kier alpha value is -2.70. The van der Waals surface area contributed by atoms with Crippen molar-refractivity contribution in [3.63, 3.8) is 0 Å². The topological polar surface area (TPSA) is 106 Å². The van der Waals surface area contributed by atoms with Crippen molar-refractivity contribution in [2.45, 2.75) is 32.5 Å². The fourth-order valence-electron chi connectivity index (χ4n) is 3.10. The average molecular weight is 508 g/mol. The lowest BCUT2D eigenvalue weighted by Crippen LogP contribution is -2.21. The van der Waals surface area contributed by atoms with Crippen LogP contribution in [0.15, 0.2) is 16.6 Å². The van der Waals surface area contributed by atoms with Gasteiger partial charge in [0, 0.05) is 36.5 Å². The van der Waals surface area contributed by atoms with Crippen LogP contribution in [0.1, 0.15) is 37.4 Å². The van der Waals surface area contributed by atoms with E-state index in [2.05, 4.69) is 21.6 Å². The van der Waals surface area contributed by atoms with Crippen LogP contribution in [0.25, 0.3) is 11.4 Å². The maximum Gasteiger partial charge on any atom is 0.341 e. The van der Waals surface area contributed by atoms with Crippen molar-refractivity contribution >= 4 is 57.2 Å². The highest BCUT2D eigenvalue weighted by atomic mass is 32.2. The normalized spacial score (nSPS) is 10.8. The third kappa shape index (κ3) is 5.28. The quantitative estimate of drug-likeness (QED) is 0.364. The number of nitrogens with zero attached hydrogens (tertiary/aromatic N) is 4. The van der Waals surface area contributed by atoms with Crippen LogP contribution in [0, 0.1) is 13.8 Å². The molecule has 0 aliphatic heterocycles. The summed E-state index contributed by atoms with van der Waals surface area (Å²) in [6.07, 6.45) is 0. The third-order valence-electron chi connectivity index (χ3n) is 4.74. The molecule has 3 heterocycles. The number of aromatic nitrogens is 3. The molecule has 176 valence electrons. The molecule has 0 atom stereocenters. The van der Waals surface area contributed by atoms with Gasteiger partial charge in [0.1, 0.15) is 5.00 Å². The molecule has 0 spiro atoms. The lowest BCUT2D eigenvalue weighted by Gasteiger charge is -2.08. The molecule has 3 aromatic heterocycles. The van der Waals surface area contributed by atoms with Crippen molar-refractivity contribution in [2.24, 2.45) is 0 Å². The monoisotopic (exact) mass is 507 g/mol. The van der Waals surface area contributed by atoms with Crippen molar-refractivity contribution in [1.82, 2.24) is 19.7 Å². The highest BCUT2D eigenvalue weighted by Gasteiger charge is 2.27. The number of carbonyl (C=O) groups is 3. The molecule has 0 unspecified atom stereocenters. The van der Waals surface area contributed by atoms with Gasteiger partial charge in [0.05, 0.1) is 23.3 Å². The summed E-state index contributed by atoms with van der Waals surface area (Å²) in [5, 5.41) is 14.3. The molecule has 0 bridgehead atoms. The standard InChI is InChI=1S/C21H25N5O4S3/c1-7-26-17(13-8-11(2)31-9-13)23-24-21(26)32-10-14(27)22-18-15(20(29)30-6)12(3)16(33-18)19(28)25(4)5/h8-9H,7,10H2,1-6H3,(H,22,27). The first-order valence-corrected chi connectivity index (χ1v) is 12.7. The van der Waals surface area contributed by atoms with E-state index in [1.54, 1.807) is 32.4 Å². The number of amides is 2. The van der Waals surface area contributed by atoms with Crippen molar-refractivity contribution in [2.75, 3.05) is 32.3 Å². The van der Waals surface area contributed by atoms with Gasteiger partial charge in [-0.3, -0.25) is 9.59 Å². The van der Waals surface area contributed by atoms with Crippen molar-refractivity contribution in [3.8, 4) is 11.4 Å². The Kier molecular flexibility index (Phi) is 7.92. The molecule has 0 radical (unpaired) electrons. The molecule has 12 heteroatoms. The van der Waals surface area contributed by atoms with Crippen LogP contribution in [0.4, 0.5) is 5.00 Å². The van der Waals surface area contributed by atoms with E-state index in [0.717, 1.165) is 22.7 Å². The number of aryl methyl sites for hydroxylation is 1. The minimum Gasteiger partial charge on any atom is -0.465 e. The Morgan fingerprint density at radius 2 is 1.97 bits per heavy atom. The van der Waals surface area contributed by atoms with Crippen LogP contribution in [-0.2, 0) is 16.1 Å². The zero-order chi connectivity index (χ0) is 24.3. The van der Waals surface area contributed by atoms with E-state index >= 15 is 0 Å². The first-order valence-electron chi connectivity index (χ1n) is 10.0. The summed E-state index contributed by atoms with van der Waals surface area (Å²) in [6.45, 7) is 6.36. The van der Waals surface area contributed by atoms with E-state index in [4.69, 9.17) is 4.74 Å². The van der Waals surface area contributed by atoms with Gasteiger partial charge in [-0.05, 0) is 32.4 Å². The van der Waals surface area contributed by atoms with Gasteiger partial charge in [0.2, 0.25) is 5.91 Å². The number of methoxy groups -OCH3 is 1. The third-order valence-corrected chi connectivity index (χ3v) is 7.77. The van der Waals surface area contributed by atoms with Crippen molar-refractivity contribution in [1.29, 1.82) is 0 Å². The summed E-state index contributed by atoms with van der Waals surface area (Å²) < 4.78 is 6.83. The number of hydrogen-bond acceptors (Lipinski definition) is 9. The molecular weight excluding hydrogens is 482 g/mol. The fraction of sp³-hybridized carbons (Fsp3) is 0.381. The molecule has 9 nitrogen and oxygen atoms in total. The smallest absolute Gasteiger partial charge is 0.341 e. The maximum atomic E-state index is 12.7. The van der Waals surface area contributed by atoms with Gasteiger partial charge in [-0.25, -0.2) is 4.79 Å². The SMILES string of the molecule is CCn1c(SCC(=O)Nc2sc(C(=O)N(C)C)c(C)c2C(=O)OC)nnc1-c1csc(C)c1. The molecule has 0 fully saturated rings. The molecule has 2 amide bonds. The van der Waals surface area contributed by atoms with E-state index in [9.17, 15) is 14.4 Å². The van der Waals surface area contributed by atoms with Crippen LogP contribution in [0.3, 0.4) is 0 Å². The summed E-state index contributed by atoms with van der Waals surface area (Å²) in [5.74, 6) is -0.349. The number of hydrogen-bond donors (Lipinski definition) is 1. The molecule has 3 rings (SSSR count). The van der Waals surface area contributed by atoms with Crippen LogP contribution >= 0.6 is 34.4 Å². The number of thioether (sulfide) groups is 1. The van der Waals surface area contributed by atoms with Crippen LogP contribution in [0.5, 0.6) is 0 Å². The largest absolute Gasteiger partial charge is 0.465 e. The first kappa shape index (κ1) is 24.9. The molecular formula is C21H25N5O4S3. The summed E-state index contributed by atoms with van der Waals surface area (Å²) in [6, 6.07) is 2.06. The number of carbonyl (C=O) groups excluding carboxylic acids is 3. The number of rotatable bonds is 8. The lowest BCUT2D eigenvalue weighted by atomic mass is 10.1. The van der Waals surface area contributed by atoms with Gasteiger partial charge < -0.3 is 19.5 Å². The second kappa shape index (κ2) is 10.5. The number of thiophene rings is 2. The second-order valence-corrected chi connectivity index (χ2v) is 10.4. The summed E-state index contributed by atoms with van der Waals surface area (Å²) >= 11 is 3.96. The van der Waals surface area contributed by atoms with Gasteiger partial charge in [0.15, 0.2) is 11.0 Å². The van der Waals surface area contributed by atoms with Crippen molar-refractivity contribution in [3.05, 3.63) is 32.3 Å². The van der Waals surface area contributed by atoms with E-state index < -0.39 is 5.97 Å². The zero-order valence-corrected chi connectivity index (χ0v) is 21.7. The zero-order valence-electron chi connectivity index (χ0n) is 19.2. The predicted octanol–water partition coefficient (Wildman–Crippen LogP) is 3.92. The fourth-order valence-corrected chi connectivity index (χ4v) is 5.82. The molecule has 0 aromatic carbocycles. The summed E-state index contributed by atoms with van der Waals surface area (Å²) in [7, 11) is 4.52. The van der Waals surface area contributed by atoms with E-state index in [1.165, 1.54) is 28.6 Å². The number of nitrogens with one attached hydrogen (secondary N) is 1. The van der Waals surface area contributed by atoms with Crippen LogP contribution in [-0.4, -0.2) is 64.4 Å². The number of anilines is 1. The van der Waals surface area contributed by atoms with Crippen LogP contribution in [0.2, 0.25) is 0 Å². The molecule has 0 aliphatic rings. The molecule has 1 N–H and O–H groups in total. The van der Waals surface area contributed by atoms with E-state index in [-0.39, 0.29) is 23.1 Å². The van der Waals surface area contributed by atoms with E-state index in [1.807, 2.05) is 23.8 Å². The molecule has 0 aliphatic carbocycles. The minimum absolute atomic E-state index is 0.0648. The second-order valence-electron chi connectivity index (χ2n) is 7.28. The molecule has 0 saturated heterocycles. The highest BCUT2D eigenvalue weighted by molar-refractivity contribution is 7.99. The molecule has 33 heavy (non-hydrogen) atoms. The Balaban J connectivity index is 1.78. The highest BCUT2D eigenvalue weighted by Crippen LogP contribution is 2.35. The first-order chi connectivity index (χ1) is 15.7. The summed E-state index contributed by atoms with van der Waals surface area (Å²) in [4.78, 5) is 40.5. The Morgan fingerprint density at radius 1 is 1.24 bits per heavy atom. The maximum absolute atomic E-state index is 12.7. The van der Waals surface area contributed by atoms with Crippen LogP contribution < -0.4 is 5.32 Å². The van der Waals surface area contributed by atoms with Gasteiger partial charge in [-0.15, -0.1) is 32.9 Å². The average Bonchev–Trinajstić information content (AvgIpc) is 3.47. The predicted molar refractivity (Wildman–Crippen MR) is 132 cm³/mol. The van der Waals surface area contributed by atoms with Crippen molar-refractivity contribution < 1.29 is 19.1 Å². The minimum atomic E-state index is -0.606. The Bertz CT molecular complexity index is 1190. The molecule has 0 saturated carbocycles.